The standard InChI is InChI=1S/C14H22N2O2/c1-11(2)9-16(3)14(17)10-18-13-6-4-12(8-15)5-7-13/h4-7,11H,8-10,15H2,1-3H3. The third-order valence-corrected chi connectivity index (χ3v) is 2.59. The number of ether oxygens (including phenoxy) is 1. The van der Waals surface area contributed by atoms with Crippen LogP contribution in [0.4, 0.5) is 0 Å². The van der Waals surface area contributed by atoms with Crippen LogP contribution in [0, 0.1) is 5.92 Å². The first-order chi connectivity index (χ1) is 8.52. The van der Waals surface area contributed by atoms with Gasteiger partial charge in [-0.3, -0.25) is 4.79 Å². The number of amides is 1. The molecule has 0 bridgehead atoms. The van der Waals surface area contributed by atoms with Crippen molar-refractivity contribution in [3.63, 3.8) is 0 Å². The lowest BCUT2D eigenvalue weighted by atomic mass is 10.2. The van der Waals surface area contributed by atoms with Crippen LogP contribution in [-0.4, -0.2) is 31.0 Å². The molecule has 1 aromatic rings. The zero-order chi connectivity index (χ0) is 13.5. The Hall–Kier alpha value is -1.55. The van der Waals surface area contributed by atoms with Gasteiger partial charge in [-0.15, -0.1) is 0 Å². The summed E-state index contributed by atoms with van der Waals surface area (Å²) >= 11 is 0. The van der Waals surface area contributed by atoms with Crippen LogP contribution in [-0.2, 0) is 11.3 Å². The van der Waals surface area contributed by atoms with E-state index < -0.39 is 0 Å². The van der Waals surface area contributed by atoms with Crippen LogP contribution in [0.5, 0.6) is 5.75 Å². The number of carbonyl (C=O) groups excluding carboxylic acids is 1. The predicted molar refractivity (Wildman–Crippen MR) is 72.3 cm³/mol. The summed E-state index contributed by atoms with van der Waals surface area (Å²) in [6, 6.07) is 7.46. The molecule has 18 heavy (non-hydrogen) atoms. The Morgan fingerprint density at radius 2 is 1.94 bits per heavy atom. The van der Waals surface area contributed by atoms with Crippen LogP contribution in [0.2, 0.25) is 0 Å². The SMILES string of the molecule is CC(C)CN(C)C(=O)COc1ccc(CN)cc1. The topological polar surface area (TPSA) is 55.6 Å². The Morgan fingerprint density at radius 3 is 2.44 bits per heavy atom. The van der Waals surface area contributed by atoms with Gasteiger partial charge in [0.15, 0.2) is 6.61 Å². The monoisotopic (exact) mass is 250 g/mol. The minimum atomic E-state index is -0.00778. The molecule has 1 amide bonds. The van der Waals surface area contributed by atoms with E-state index in [2.05, 4.69) is 13.8 Å². The maximum Gasteiger partial charge on any atom is 0.260 e. The van der Waals surface area contributed by atoms with E-state index in [1.165, 1.54) is 0 Å². The normalized spacial score (nSPS) is 10.5. The second-order valence-corrected chi connectivity index (χ2v) is 4.80. The molecule has 2 N–H and O–H groups in total. The second kappa shape index (κ2) is 7.01. The molecule has 0 unspecified atom stereocenters. The number of rotatable bonds is 6. The molecule has 0 spiro atoms. The van der Waals surface area contributed by atoms with Crippen LogP contribution in [0.3, 0.4) is 0 Å². The minimum absolute atomic E-state index is 0.00778. The maximum atomic E-state index is 11.8. The third-order valence-electron chi connectivity index (χ3n) is 2.59. The number of hydrogen-bond donors (Lipinski definition) is 1. The lowest BCUT2D eigenvalue weighted by Gasteiger charge is -2.19. The van der Waals surface area contributed by atoms with E-state index in [1.807, 2.05) is 24.3 Å². The maximum absolute atomic E-state index is 11.8. The van der Waals surface area contributed by atoms with Crippen molar-refractivity contribution in [2.75, 3.05) is 20.2 Å². The van der Waals surface area contributed by atoms with Gasteiger partial charge in [0.1, 0.15) is 5.75 Å². The highest BCUT2D eigenvalue weighted by Gasteiger charge is 2.10. The number of nitrogens with zero attached hydrogens (tertiary/aromatic N) is 1. The molecule has 4 heteroatoms. The van der Waals surface area contributed by atoms with Gasteiger partial charge < -0.3 is 15.4 Å². The van der Waals surface area contributed by atoms with E-state index in [9.17, 15) is 4.79 Å². The fourth-order valence-electron chi connectivity index (χ4n) is 1.63. The minimum Gasteiger partial charge on any atom is -0.484 e. The molecule has 0 atom stereocenters. The lowest BCUT2D eigenvalue weighted by Crippen LogP contribution is -2.34. The van der Waals surface area contributed by atoms with Gasteiger partial charge >= 0.3 is 0 Å². The summed E-state index contributed by atoms with van der Waals surface area (Å²) < 4.78 is 5.44. The number of carbonyl (C=O) groups is 1. The summed E-state index contributed by atoms with van der Waals surface area (Å²) in [6.45, 7) is 5.49. The molecule has 1 rings (SSSR count). The molecule has 0 aromatic heterocycles. The van der Waals surface area contributed by atoms with Crippen molar-refractivity contribution in [1.82, 2.24) is 4.90 Å². The van der Waals surface area contributed by atoms with Crippen molar-refractivity contribution in [3.8, 4) is 5.75 Å². The summed E-state index contributed by atoms with van der Waals surface area (Å²) in [4.78, 5) is 13.4. The van der Waals surface area contributed by atoms with E-state index in [0.717, 1.165) is 12.1 Å². The van der Waals surface area contributed by atoms with Crippen molar-refractivity contribution in [1.29, 1.82) is 0 Å². The molecule has 1 aromatic carbocycles. The Bertz CT molecular complexity index is 374. The summed E-state index contributed by atoms with van der Waals surface area (Å²) in [5, 5.41) is 0. The molecule has 0 saturated carbocycles. The van der Waals surface area contributed by atoms with Gasteiger partial charge in [0, 0.05) is 20.1 Å². The fourth-order valence-corrected chi connectivity index (χ4v) is 1.63. The highest BCUT2D eigenvalue weighted by molar-refractivity contribution is 5.77. The Balaban J connectivity index is 2.41. The summed E-state index contributed by atoms with van der Waals surface area (Å²) in [5.41, 5.74) is 6.55. The first-order valence-corrected chi connectivity index (χ1v) is 6.18. The molecule has 100 valence electrons. The van der Waals surface area contributed by atoms with Gasteiger partial charge in [-0.05, 0) is 23.6 Å². The van der Waals surface area contributed by atoms with Crippen molar-refractivity contribution in [3.05, 3.63) is 29.8 Å². The van der Waals surface area contributed by atoms with Gasteiger partial charge in [0.2, 0.25) is 0 Å². The third kappa shape index (κ3) is 4.75. The van der Waals surface area contributed by atoms with E-state index >= 15 is 0 Å². The van der Waals surface area contributed by atoms with Crippen molar-refractivity contribution >= 4 is 5.91 Å². The molecule has 0 aliphatic heterocycles. The van der Waals surface area contributed by atoms with Gasteiger partial charge in [-0.25, -0.2) is 0 Å². The molecular weight excluding hydrogens is 228 g/mol. The molecule has 0 aliphatic carbocycles. The number of likely N-dealkylation sites (N-methyl/N-ethyl adjacent to an activating group) is 1. The number of hydrogen-bond acceptors (Lipinski definition) is 3. The fraction of sp³-hybridized carbons (Fsp3) is 0.500. The largest absolute Gasteiger partial charge is 0.484 e. The Labute approximate surface area is 109 Å². The summed E-state index contributed by atoms with van der Waals surface area (Å²) in [6.07, 6.45) is 0. The molecule has 0 saturated heterocycles. The lowest BCUT2D eigenvalue weighted by molar-refractivity contribution is -0.132. The van der Waals surface area contributed by atoms with E-state index in [-0.39, 0.29) is 12.5 Å². The van der Waals surface area contributed by atoms with Crippen LogP contribution in [0.1, 0.15) is 19.4 Å². The molecule has 0 fully saturated rings. The zero-order valence-electron chi connectivity index (χ0n) is 11.3. The first-order valence-electron chi connectivity index (χ1n) is 6.18. The first kappa shape index (κ1) is 14.5. The number of nitrogens with two attached hydrogens (primary N) is 1. The molecule has 0 aliphatic rings. The zero-order valence-corrected chi connectivity index (χ0v) is 11.3. The summed E-state index contributed by atoms with van der Waals surface area (Å²) in [5.74, 6) is 1.15. The quantitative estimate of drug-likeness (QED) is 0.835. The molecule has 4 nitrogen and oxygen atoms in total. The van der Waals surface area contributed by atoms with Gasteiger partial charge in [-0.2, -0.15) is 0 Å². The average Bonchev–Trinajstić information content (AvgIpc) is 2.35. The molecular formula is C14H22N2O2. The van der Waals surface area contributed by atoms with Gasteiger partial charge in [-0.1, -0.05) is 26.0 Å². The van der Waals surface area contributed by atoms with Crippen molar-refractivity contribution in [2.45, 2.75) is 20.4 Å². The van der Waals surface area contributed by atoms with E-state index in [4.69, 9.17) is 10.5 Å². The highest BCUT2D eigenvalue weighted by atomic mass is 16.5. The molecule has 0 radical (unpaired) electrons. The Morgan fingerprint density at radius 1 is 1.33 bits per heavy atom. The summed E-state index contributed by atoms with van der Waals surface area (Å²) in [7, 11) is 1.79. The van der Waals surface area contributed by atoms with Gasteiger partial charge in [0.25, 0.3) is 5.91 Å². The average molecular weight is 250 g/mol. The highest BCUT2D eigenvalue weighted by Crippen LogP contribution is 2.11. The Kier molecular flexibility index (Phi) is 5.65. The van der Waals surface area contributed by atoms with Crippen molar-refractivity contribution < 1.29 is 9.53 Å². The van der Waals surface area contributed by atoms with Gasteiger partial charge in [0.05, 0.1) is 0 Å². The van der Waals surface area contributed by atoms with Crippen LogP contribution in [0.25, 0.3) is 0 Å². The van der Waals surface area contributed by atoms with Crippen molar-refractivity contribution in [2.24, 2.45) is 11.7 Å². The molecule has 0 heterocycles. The van der Waals surface area contributed by atoms with Crippen LogP contribution in [0.15, 0.2) is 24.3 Å². The van der Waals surface area contributed by atoms with E-state index in [1.54, 1.807) is 11.9 Å². The van der Waals surface area contributed by atoms with Crippen LogP contribution < -0.4 is 10.5 Å². The second-order valence-electron chi connectivity index (χ2n) is 4.80. The predicted octanol–water partition coefficient (Wildman–Crippen LogP) is 1.64. The smallest absolute Gasteiger partial charge is 0.260 e. The number of benzene rings is 1. The van der Waals surface area contributed by atoms with Crippen LogP contribution >= 0.6 is 0 Å². The van der Waals surface area contributed by atoms with E-state index in [0.29, 0.717) is 18.2 Å².